The molecular formula is C13H23N3O3S. The molecule has 0 fully saturated rings. The van der Waals surface area contributed by atoms with E-state index in [0.29, 0.717) is 32.1 Å². The third-order valence-corrected chi connectivity index (χ3v) is 3.62. The first-order valence-electron chi connectivity index (χ1n) is 6.71. The highest BCUT2D eigenvalue weighted by Crippen LogP contribution is 2.15. The first-order valence-corrected chi connectivity index (χ1v) is 7.59. The van der Waals surface area contributed by atoms with Gasteiger partial charge in [0.25, 0.3) is 5.91 Å². The zero-order valence-corrected chi connectivity index (χ0v) is 12.9. The topological polar surface area (TPSA) is 86.5 Å². The number of nitrogens with zero attached hydrogens (tertiary/aromatic N) is 1. The van der Waals surface area contributed by atoms with Crippen LogP contribution in [0.15, 0.2) is 5.38 Å². The largest absolute Gasteiger partial charge is 0.382 e. The van der Waals surface area contributed by atoms with E-state index in [1.807, 2.05) is 6.92 Å². The number of unbranched alkanes of at least 4 members (excludes halogenated alkanes) is 1. The summed E-state index contributed by atoms with van der Waals surface area (Å²) in [6, 6.07) is -0.134. The maximum Gasteiger partial charge on any atom is 0.270 e. The van der Waals surface area contributed by atoms with Gasteiger partial charge in [-0.15, -0.1) is 11.3 Å². The average Bonchev–Trinajstić information content (AvgIpc) is 2.91. The molecule has 7 heteroatoms. The smallest absolute Gasteiger partial charge is 0.270 e. The van der Waals surface area contributed by atoms with Crippen LogP contribution < -0.4 is 11.1 Å². The molecule has 0 aliphatic heterocycles. The van der Waals surface area contributed by atoms with Crippen LogP contribution in [0.5, 0.6) is 0 Å². The Kier molecular flexibility index (Phi) is 8.36. The number of carbonyl (C=O) groups excluding carboxylic acids is 1. The van der Waals surface area contributed by atoms with Gasteiger partial charge in [-0.25, -0.2) is 4.98 Å². The molecule has 1 unspecified atom stereocenters. The van der Waals surface area contributed by atoms with E-state index in [0.717, 1.165) is 17.8 Å². The Morgan fingerprint density at radius 3 is 2.90 bits per heavy atom. The third-order valence-electron chi connectivity index (χ3n) is 2.58. The number of aromatic nitrogens is 1. The van der Waals surface area contributed by atoms with E-state index in [9.17, 15) is 4.79 Å². The number of carbonyl (C=O) groups is 1. The predicted octanol–water partition coefficient (Wildman–Crippen LogP) is 1.34. The summed E-state index contributed by atoms with van der Waals surface area (Å²) < 4.78 is 10.2. The number of hydrogen-bond donors (Lipinski definition) is 2. The Labute approximate surface area is 123 Å². The van der Waals surface area contributed by atoms with E-state index < -0.39 is 0 Å². The Hall–Kier alpha value is -1.02. The van der Waals surface area contributed by atoms with Crippen molar-refractivity contribution >= 4 is 17.2 Å². The van der Waals surface area contributed by atoms with E-state index >= 15 is 0 Å². The molecule has 1 rings (SSSR count). The maximum absolute atomic E-state index is 11.8. The van der Waals surface area contributed by atoms with Crippen LogP contribution in [0.1, 0.15) is 41.3 Å². The summed E-state index contributed by atoms with van der Waals surface area (Å²) in [5.41, 5.74) is 6.15. The Morgan fingerprint density at radius 2 is 2.25 bits per heavy atom. The van der Waals surface area contributed by atoms with E-state index in [1.54, 1.807) is 12.5 Å². The van der Waals surface area contributed by atoms with Gasteiger partial charge in [-0.2, -0.15) is 0 Å². The van der Waals surface area contributed by atoms with Gasteiger partial charge in [0.05, 0.1) is 19.3 Å². The van der Waals surface area contributed by atoms with Gasteiger partial charge >= 0.3 is 0 Å². The van der Waals surface area contributed by atoms with Crippen LogP contribution in [-0.2, 0) is 9.47 Å². The van der Waals surface area contributed by atoms with Gasteiger partial charge in [-0.3, -0.25) is 4.79 Å². The number of methoxy groups -OCH3 is 1. The molecule has 3 N–H and O–H groups in total. The number of amides is 1. The molecule has 0 bridgehead atoms. The first kappa shape index (κ1) is 17.0. The van der Waals surface area contributed by atoms with Crippen LogP contribution >= 0.6 is 11.3 Å². The van der Waals surface area contributed by atoms with Crippen LogP contribution in [-0.4, -0.2) is 44.4 Å². The summed E-state index contributed by atoms with van der Waals surface area (Å²) >= 11 is 1.41. The normalized spacial score (nSPS) is 12.3. The number of nitrogens with one attached hydrogen (secondary N) is 1. The number of thiazole rings is 1. The molecule has 0 aromatic carbocycles. The van der Waals surface area contributed by atoms with Crippen molar-refractivity contribution in [3.8, 4) is 0 Å². The monoisotopic (exact) mass is 301 g/mol. The Balaban J connectivity index is 2.10. The molecular weight excluding hydrogens is 278 g/mol. The number of hydrogen-bond acceptors (Lipinski definition) is 6. The highest BCUT2D eigenvalue weighted by atomic mass is 32.1. The minimum Gasteiger partial charge on any atom is -0.382 e. The van der Waals surface area contributed by atoms with Crippen molar-refractivity contribution < 1.29 is 14.3 Å². The van der Waals surface area contributed by atoms with Gasteiger partial charge in [-0.05, 0) is 19.8 Å². The summed E-state index contributed by atoms with van der Waals surface area (Å²) in [6.07, 6.45) is 1.79. The summed E-state index contributed by atoms with van der Waals surface area (Å²) in [5.74, 6) is -0.145. The first-order chi connectivity index (χ1) is 9.65. The maximum atomic E-state index is 11.8. The van der Waals surface area contributed by atoms with Crippen molar-refractivity contribution in [1.29, 1.82) is 0 Å². The lowest BCUT2D eigenvalue weighted by molar-refractivity contribution is 0.0686. The second kappa shape index (κ2) is 9.82. The zero-order chi connectivity index (χ0) is 14.8. The minimum atomic E-state index is -0.145. The fraction of sp³-hybridized carbons (Fsp3) is 0.692. The fourth-order valence-electron chi connectivity index (χ4n) is 1.47. The molecule has 1 heterocycles. The standard InChI is InChI=1S/C13H23N3O3S/c1-10(14)13-16-11(9-20-13)12(17)15-5-3-4-6-19-8-7-18-2/h9-10H,3-8,14H2,1-2H3,(H,15,17). The molecule has 0 radical (unpaired) electrons. The fourth-order valence-corrected chi connectivity index (χ4v) is 2.22. The third kappa shape index (κ3) is 6.42. The molecule has 114 valence electrons. The molecule has 1 aromatic heterocycles. The van der Waals surface area contributed by atoms with E-state index in [1.165, 1.54) is 11.3 Å². The van der Waals surface area contributed by atoms with Crippen LogP contribution in [0, 0.1) is 0 Å². The average molecular weight is 301 g/mol. The van der Waals surface area contributed by atoms with E-state index in [2.05, 4.69) is 10.3 Å². The molecule has 0 aliphatic carbocycles. The highest BCUT2D eigenvalue weighted by molar-refractivity contribution is 7.09. The van der Waals surface area contributed by atoms with Gasteiger partial charge < -0.3 is 20.5 Å². The Bertz CT molecular complexity index is 396. The van der Waals surface area contributed by atoms with Gasteiger partial charge in [0, 0.05) is 25.6 Å². The van der Waals surface area contributed by atoms with Crippen molar-refractivity contribution in [3.63, 3.8) is 0 Å². The number of ether oxygens (including phenoxy) is 2. The van der Waals surface area contributed by atoms with E-state index in [4.69, 9.17) is 15.2 Å². The molecule has 0 aliphatic rings. The summed E-state index contributed by atoms with van der Waals surface area (Å²) in [5, 5.41) is 5.35. The van der Waals surface area contributed by atoms with Crippen molar-refractivity contribution in [2.75, 3.05) is 33.5 Å². The van der Waals surface area contributed by atoms with Gasteiger partial charge in [0.2, 0.25) is 0 Å². The lowest BCUT2D eigenvalue weighted by Crippen LogP contribution is -2.25. The van der Waals surface area contributed by atoms with Crippen molar-refractivity contribution in [2.45, 2.75) is 25.8 Å². The van der Waals surface area contributed by atoms with Crippen molar-refractivity contribution in [2.24, 2.45) is 5.73 Å². The second-order valence-electron chi connectivity index (χ2n) is 4.43. The molecule has 1 atom stereocenters. The second-order valence-corrected chi connectivity index (χ2v) is 5.32. The van der Waals surface area contributed by atoms with Gasteiger partial charge in [0.1, 0.15) is 10.7 Å². The summed E-state index contributed by atoms with van der Waals surface area (Å²) in [7, 11) is 1.65. The van der Waals surface area contributed by atoms with Gasteiger partial charge in [-0.1, -0.05) is 0 Å². The minimum absolute atomic E-state index is 0.134. The van der Waals surface area contributed by atoms with Crippen LogP contribution in [0.3, 0.4) is 0 Å². The lowest BCUT2D eigenvalue weighted by Gasteiger charge is -2.05. The lowest BCUT2D eigenvalue weighted by atomic mass is 10.3. The van der Waals surface area contributed by atoms with Crippen LogP contribution in [0.25, 0.3) is 0 Å². The Morgan fingerprint density at radius 1 is 1.45 bits per heavy atom. The summed E-state index contributed by atoms with van der Waals surface area (Å²) in [4.78, 5) is 16.0. The molecule has 1 aromatic rings. The quantitative estimate of drug-likeness (QED) is 0.637. The zero-order valence-electron chi connectivity index (χ0n) is 12.1. The molecule has 0 saturated carbocycles. The molecule has 20 heavy (non-hydrogen) atoms. The number of rotatable bonds is 10. The van der Waals surface area contributed by atoms with Crippen molar-refractivity contribution in [1.82, 2.24) is 10.3 Å². The van der Waals surface area contributed by atoms with Crippen molar-refractivity contribution in [3.05, 3.63) is 16.1 Å². The molecule has 0 saturated heterocycles. The predicted molar refractivity (Wildman–Crippen MR) is 79.0 cm³/mol. The SMILES string of the molecule is COCCOCCCCNC(=O)c1csc(C(C)N)n1. The summed E-state index contributed by atoms with van der Waals surface area (Å²) in [6.45, 7) is 4.39. The molecule has 6 nitrogen and oxygen atoms in total. The van der Waals surface area contributed by atoms with Crippen LogP contribution in [0.2, 0.25) is 0 Å². The molecule has 1 amide bonds. The van der Waals surface area contributed by atoms with E-state index in [-0.39, 0.29) is 11.9 Å². The highest BCUT2D eigenvalue weighted by Gasteiger charge is 2.11. The van der Waals surface area contributed by atoms with Gasteiger partial charge in [0.15, 0.2) is 0 Å². The number of nitrogens with two attached hydrogens (primary N) is 1. The van der Waals surface area contributed by atoms with Crippen LogP contribution in [0.4, 0.5) is 0 Å². The molecule has 0 spiro atoms.